The van der Waals surface area contributed by atoms with Gasteiger partial charge in [-0.05, 0) is 79.2 Å². The molecule has 1 atom stereocenters. The molecule has 0 aliphatic heterocycles. The van der Waals surface area contributed by atoms with Gasteiger partial charge in [-0.25, -0.2) is 0 Å². The maximum Gasteiger partial charge on any atom is 0.273 e. The van der Waals surface area contributed by atoms with Crippen molar-refractivity contribution in [2.45, 2.75) is 75.9 Å². The van der Waals surface area contributed by atoms with Crippen LogP contribution in [0.4, 0.5) is 11.4 Å². The van der Waals surface area contributed by atoms with E-state index < -0.39 is 11.9 Å². The fourth-order valence-electron chi connectivity index (χ4n) is 5.52. The van der Waals surface area contributed by atoms with Crippen LogP contribution in [0.1, 0.15) is 89.6 Å². The number of nitrogens with zero attached hydrogens (tertiary/aromatic N) is 3. The van der Waals surface area contributed by atoms with E-state index in [1.54, 1.807) is 48.8 Å². The average molecular weight is 581 g/mol. The normalized spacial score (nSPS) is 16.8. The fourth-order valence-corrected chi connectivity index (χ4v) is 6.39. The summed E-state index contributed by atoms with van der Waals surface area (Å²) in [7, 11) is 0. The highest BCUT2D eigenvalue weighted by molar-refractivity contribution is 7.09. The highest BCUT2D eigenvalue weighted by atomic mass is 35.5. The summed E-state index contributed by atoms with van der Waals surface area (Å²) in [5, 5.41) is 6.65. The van der Waals surface area contributed by atoms with Gasteiger partial charge in [0.2, 0.25) is 5.91 Å². The smallest absolute Gasteiger partial charge is 0.273 e. The van der Waals surface area contributed by atoms with Gasteiger partial charge in [-0.3, -0.25) is 24.3 Å². The SMILES string of the molecule is Nc1c(C(=O)NC2CCCCC2)nsc1C(=O)N(c1ccc(Cl)cc1)[C@H](C(=O)NC1CCCC1)c1ccncc1. The van der Waals surface area contributed by atoms with E-state index in [0.717, 1.165) is 69.3 Å². The minimum Gasteiger partial charge on any atom is -0.395 e. The molecule has 2 aliphatic carbocycles. The summed E-state index contributed by atoms with van der Waals surface area (Å²) >= 11 is 7.03. The van der Waals surface area contributed by atoms with E-state index >= 15 is 0 Å². The number of rotatable bonds is 8. The van der Waals surface area contributed by atoms with Crippen LogP contribution < -0.4 is 21.3 Å². The molecule has 2 heterocycles. The van der Waals surface area contributed by atoms with Crippen molar-refractivity contribution in [3.05, 3.63) is 69.9 Å². The second-order valence-electron chi connectivity index (χ2n) is 10.4. The third-order valence-electron chi connectivity index (χ3n) is 7.63. The zero-order valence-electron chi connectivity index (χ0n) is 22.1. The van der Waals surface area contributed by atoms with Crippen molar-refractivity contribution >= 4 is 52.2 Å². The summed E-state index contributed by atoms with van der Waals surface area (Å²) < 4.78 is 4.28. The molecule has 3 aromatic rings. The number of halogens is 1. The van der Waals surface area contributed by atoms with Crippen molar-refractivity contribution in [2.75, 3.05) is 10.6 Å². The number of nitrogens with one attached hydrogen (secondary N) is 2. The highest BCUT2D eigenvalue weighted by Crippen LogP contribution is 2.34. The first-order valence-electron chi connectivity index (χ1n) is 13.8. The van der Waals surface area contributed by atoms with Crippen LogP contribution in [0.5, 0.6) is 0 Å². The van der Waals surface area contributed by atoms with Gasteiger partial charge in [0.25, 0.3) is 11.8 Å². The van der Waals surface area contributed by atoms with Gasteiger partial charge in [0.05, 0.1) is 5.69 Å². The van der Waals surface area contributed by atoms with Gasteiger partial charge in [0.1, 0.15) is 10.9 Å². The molecule has 1 aromatic carbocycles. The Bertz CT molecular complexity index is 1340. The monoisotopic (exact) mass is 580 g/mol. The molecule has 9 nitrogen and oxygen atoms in total. The molecule has 40 heavy (non-hydrogen) atoms. The number of pyridine rings is 1. The number of hydrogen-bond acceptors (Lipinski definition) is 7. The van der Waals surface area contributed by atoms with E-state index in [1.165, 1.54) is 4.90 Å². The van der Waals surface area contributed by atoms with Crippen LogP contribution in [0, 0.1) is 0 Å². The van der Waals surface area contributed by atoms with Crippen molar-refractivity contribution in [1.29, 1.82) is 0 Å². The van der Waals surface area contributed by atoms with Gasteiger partial charge in [-0.2, -0.15) is 4.37 Å². The van der Waals surface area contributed by atoms with E-state index in [4.69, 9.17) is 17.3 Å². The number of nitrogens with two attached hydrogens (primary N) is 1. The molecule has 11 heteroatoms. The van der Waals surface area contributed by atoms with Crippen molar-refractivity contribution in [1.82, 2.24) is 20.0 Å². The lowest BCUT2D eigenvalue weighted by Gasteiger charge is -2.32. The van der Waals surface area contributed by atoms with Gasteiger partial charge < -0.3 is 16.4 Å². The van der Waals surface area contributed by atoms with Crippen LogP contribution in [0.2, 0.25) is 5.02 Å². The summed E-state index contributed by atoms with van der Waals surface area (Å²) in [6, 6.07) is 9.23. The molecule has 0 saturated heterocycles. The highest BCUT2D eigenvalue weighted by Gasteiger charge is 2.37. The summed E-state index contributed by atoms with van der Waals surface area (Å²) in [6.45, 7) is 0. The first kappa shape index (κ1) is 28.0. The summed E-state index contributed by atoms with van der Waals surface area (Å²) in [5.74, 6) is -1.22. The summed E-state index contributed by atoms with van der Waals surface area (Å²) in [6.07, 6.45) is 12.2. The number of carbonyl (C=O) groups excluding carboxylic acids is 3. The molecule has 5 rings (SSSR count). The van der Waals surface area contributed by atoms with E-state index in [1.807, 2.05) is 0 Å². The second-order valence-corrected chi connectivity index (χ2v) is 11.6. The lowest BCUT2D eigenvalue weighted by Crippen LogP contribution is -2.46. The van der Waals surface area contributed by atoms with Gasteiger partial charge in [-0.1, -0.05) is 43.7 Å². The Balaban J connectivity index is 1.51. The van der Waals surface area contributed by atoms with Gasteiger partial charge in [0, 0.05) is 35.2 Å². The number of hydrogen-bond donors (Lipinski definition) is 3. The van der Waals surface area contributed by atoms with Crippen LogP contribution in [0.15, 0.2) is 48.8 Å². The first-order valence-corrected chi connectivity index (χ1v) is 14.9. The largest absolute Gasteiger partial charge is 0.395 e. The molecule has 2 saturated carbocycles. The number of carbonyl (C=O) groups is 3. The van der Waals surface area contributed by atoms with Gasteiger partial charge in [-0.15, -0.1) is 0 Å². The Morgan fingerprint density at radius 3 is 2.15 bits per heavy atom. The average Bonchev–Trinajstić information content (AvgIpc) is 3.62. The predicted molar refractivity (Wildman–Crippen MR) is 157 cm³/mol. The molecule has 4 N–H and O–H groups in total. The van der Waals surface area contributed by atoms with Gasteiger partial charge >= 0.3 is 0 Å². The number of aromatic nitrogens is 2. The third kappa shape index (κ3) is 6.28. The third-order valence-corrected chi connectivity index (χ3v) is 8.73. The standard InChI is InChI=1S/C29H33ClN6O3S/c30-19-10-12-22(13-11-19)36(25(18-14-16-32-17-15-18)28(38)34-21-8-4-5-9-21)29(39)26-23(31)24(35-40-26)27(37)33-20-6-2-1-3-7-20/h10-17,20-21,25H,1-9,31H2,(H,33,37)(H,34,38)/t25-/m0/s1. The summed E-state index contributed by atoms with van der Waals surface area (Å²) in [5.41, 5.74) is 7.49. The number of benzene rings is 1. The first-order chi connectivity index (χ1) is 19.4. The molecule has 0 bridgehead atoms. The van der Waals surface area contributed by atoms with E-state index in [-0.39, 0.29) is 40.2 Å². The Labute approximate surface area is 242 Å². The van der Waals surface area contributed by atoms with E-state index in [2.05, 4.69) is 20.0 Å². The quantitative estimate of drug-likeness (QED) is 0.332. The molecule has 2 aliphatic rings. The Morgan fingerprint density at radius 2 is 1.50 bits per heavy atom. The zero-order valence-corrected chi connectivity index (χ0v) is 23.7. The Kier molecular flexibility index (Phi) is 8.96. The Hall–Kier alpha value is -3.50. The minimum absolute atomic E-state index is 0.00644. The van der Waals surface area contributed by atoms with Crippen LogP contribution in [-0.4, -0.2) is 39.2 Å². The number of anilines is 2. The predicted octanol–water partition coefficient (Wildman–Crippen LogP) is 5.28. The topological polar surface area (TPSA) is 130 Å². The molecule has 210 valence electrons. The number of amides is 3. The summed E-state index contributed by atoms with van der Waals surface area (Å²) in [4.78, 5) is 46.8. The molecular weight excluding hydrogens is 548 g/mol. The van der Waals surface area contributed by atoms with Crippen LogP contribution >= 0.6 is 23.1 Å². The van der Waals surface area contributed by atoms with Crippen molar-refractivity contribution in [3.8, 4) is 0 Å². The molecule has 2 fully saturated rings. The van der Waals surface area contributed by atoms with E-state index in [9.17, 15) is 14.4 Å². The van der Waals surface area contributed by atoms with Crippen molar-refractivity contribution in [2.24, 2.45) is 0 Å². The minimum atomic E-state index is -1.02. The van der Waals surface area contributed by atoms with E-state index in [0.29, 0.717) is 16.3 Å². The molecule has 2 aromatic heterocycles. The molecule has 0 radical (unpaired) electrons. The lowest BCUT2D eigenvalue weighted by atomic mass is 9.95. The molecule has 0 spiro atoms. The lowest BCUT2D eigenvalue weighted by molar-refractivity contribution is -0.123. The molecule has 0 unspecified atom stereocenters. The molecule has 3 amide bonds. The number of nitrogen functional groups attached to an aromatic ring is 1. The maximum absolute atomic E-state index is 14.3. The van der Waals surface area contributed by atoms with Crippen LogP contribution in [0.3, 0.4) is 0 Å². The zero-order chi connectivity index (χ0) is 28.1. The maximum atomic E-state index is 14.3. The second kappa shape index (κ2) is 12.8. The fraction of sp³-hybridized carbons (Fsp3) is 0.414. The van der Waals surface area contributed by atoms with Crippen LogP contribution in [0.25, 0.3) is 0 Å². The van der Waals surface area contributed by atoms with Crippen molar-refractivity contribution in [3.63, 3.8) is 0 Å². The Morgan fingerprint density at radius 1 is 0.900 bits per heavy atom. The van der Waals surface area contributed by atoms with Crippen molar-refractivity contribution < 1.29 is 14.4 Å². The van der Waals surface area contributed by atoms with Gasteiger partial charge in [0.15, 0.2) is 5.69 Å². The molecular formula is C29H33ClN6O3S. The van der Waals surface area contributed by atoms with Crippen LogP contribution in [-0.2, 0) is 4.79 Å².